The van der Waals surface area contributed by atoms with Gasteiger partial charge in [-0.15, -0.1) is 0 Å². The maximum absolute atomic E-state index is 3.54. The second kappa shape index (κ2) is 3.86. The highest BCUT2D eigenvalue weighted by atomic mass is 127. The number of hydrogen-bond donors (Lipinski definition) is 1. The van der Waals surface area contributed by atoms with Crippen LogP contribution in [0.4, 0.5) is 5.69 Å². The van der Waals surface area contributed by atoms with Crippen molar-refractivity contribution in [2.45, 2.75) is 32.2 Å². The number of anilines is 1. The molecule has 13 heavy (non-hydrogen) atoms. The first-order valence-corrected chi connectivity index (χ1v) is 5.86. The first kappa shape index (κ1) is 9.31. The van der Waals surface area contributed by atoms with Crippen molar-refractivity contribution in [3.05, 3.63) is 27.3 Å². The molecule has 1 aromatic carbocycles. The van der Waals surface area contributed by atoms with E-state index in [1.165, 1.54) is 34.1 Å². The standard InChI is InChI=1S/C11H14IN/c1-8-5-6-10(7-11(8)12)13-9-3-2-4-9/h5-7,9,13H,2-4H2,1H3. The molecule has 1 nitrogen and oxygen atoms in total. The smallest absolute Gasteiger partial charge is 0.0353 e. The minimum absolute atomic E-state index is 0.735. The van der Waals surface area contributed by atoms with E-state index < -0.39 is 0 Å². The van der Waals surface area contributed by atoms with Crippen LogP contribution in [0, 0.1) is 10.5 Å². The molecule has 0 saturated heterocycles. The number of rotatable bonds is 2. The Hall–Kier alpha value is -0.250. The molecule has 70 valence electrons. The van der Waals surface area contributed by atoms with Gasteiger partial charge in [-0.3, -0.25) is 0 Å². The number of aryl methyl sites for hydroxylation is 1. The van der Waals surface area contributed by atoms with Gasteiger partial charge in [0.1, 0.15) is 0 Å². The second-order valence-electron chi connectivity index (χ2n) is 3.74. The van der Waals surface area contributed by atoms with Gasteiger partial charge in [-0.25, -0.2) is 0 Å². The summed E-state index contributed by atoms with van der Waals surface area (Å²) in [6.07, 6.45) is 4.07. The summed E-state index contributed by atoms with van der Waals surface area (Å²) in [4.78, 5) is 0. The molecular formula is C11H14IN. The Bertz CT molecular complexity index is 305. The molecule has 1 saturated carbocycles. The Morgan fingerprint density at radius 2 is 2.15 bits per heavy atom. The summed E-state index contributed by atoms with van der Waals surface area (Å²) in [5.41, 5.74) is 2.64. The molecule has 0 aliphatic heterocycles. The summed E-state index contributed by atoms with van der Waals surface area (Å²) in [5, 5.41) is 3.54. The van der Waals surface area contributed by atoms with Crippen LogP contribution in [-0.2, 0) is 0 Å². The van der Waals surface area contributed by atoms with E-state index in [0.29, 0.717) is 0 Å². The average molecular weight is 287 g/mol. The lowest BCUT2D eigenvalue weighted by molar-refractivity contribution is 0.445. The Morgan fingerprint density at radius 3 is 2.69 bits per heavy atom. The van der Waals surface area contributed by atoms with Gasteiger partial charge >= 0.3 is 0 Å². The summed E-state index contributed by atoms with van der Waals surface area (Å²) in [6.45, 7) is 2.15. The van der Waals surface area contributed by atoms with E-state index in [-0.39, 0.29) is 0 Å². The van der Waals surface area contributed by atoms with Gasteiger partial charge in [0, 0.05) is 15.3 Å². The third-order valence-corrected chi connectivity index (χ3v) is 3.81. The summed E-state index contributed by atoms with van der Waals surface area (Å²) >= 11 is 2.39. The van der Waals surface area contributed by atoms with E-state index in [9.17, 15) is 0 Å². The molecule has 1 aliphatic carbocycles. The normalized spacial score (nSPS) is 16.8. The quantitative estimate of drug-likeness (QED) is 0.820. The van der Waals surface area contributed by atoms with Gasteiger partial charge < -0.3 is 5.32 Å². The van der Waals surface area contributed by atoms with Crippen LogP contribution in [0.2, 0.25) is 0 Å². The second-order valence-corrected chi connectivity index (χ2v) is 4.90. The van der Waals surface area contributed by atoms with Gasteiger partial charge in [-0.2, -0.15) is 0 Å². The maximum atomic E-state index is 3.54. The van der Waals surface area contributed by atoms with E-state index in [1.807, 2.05) is 0 Å². The van der Waals surface area contributed by atoms with E-state index in [1.54, 1.807) is 0 Å². The van der Waals surface area contributed by atoms with Crippen LogP contribution < -0.4 is 5.32 Å². The van der Waals surface area contributed by atoms with Crippen molar-refractivity contribution in [1.82, 2.24) is 0 Å². The molecule has 1 fully saturated rings. The fourth-order valence-corrected chi connectivity index (χ4v) is 1.99. The highest BCUT2D eigenvalue weighted by Gasteiger charge is 2.16. The highest BCUT2D eigenvalue weighted by Crippen LogP contribution is 2.24. The van der Waals surface area contributed by atoms with Gasteiger partial charge in [0.2, 0.25) is 0 Å². The van der Waals surface area contributed by atoms with Crippen LogP contribution in [-0.4, -0.2) is 6.04 Å². The number of halogens is 1. The molecular weight excluding hydrogens is 273 g/mol. The lowest BCUT2D eigenvalue weighted by Gasteiger charge is -2.27. The van der Waals surface area contributed by atoms with Crippen LogP contribution in [0.3, 0.4) is 0 Å². The zero-order chi connectivity index (χ0) is 9.26. The van der Waals surface area contributed by atoms with E-state index in [0.717, 1.165) is 6.04 Å². The van der Waals surface area contributed by atoms with Crippen molar-refractivity contribution in [3.63, 3.8) is 0 Å². The van der Waals surface area contributed by atoms with Crippen molar-refractivity contribution < 1.29 is 0 Å². The fraction of sp³-hybridized carbons (Fsp3) is 0.455. The lowest BCUT2D eigenvalue weighted by Crippen LogP contribution is -2.26. The largest absolute Gasteiger partial charge is 0.382 e. The molecule has 1 aromatic rings. The predicted molar refractivity (Wildman–Crippen MR) is 65.2 cm³/mol. The number of hydrogen-bond acceptors (Lipinski definition) is 1. The first-order chi connectivity index (χ1) is 6.25. The van der Waals surface area contributed by atoms with Gasteiger partial charge in [-0.05, 0) is 66.5 Å². The van der Waals surface area contributed by atoms with Crippen LogP contribution in [0.1, 0.15) is 24.8 Å². The molecule has 2 rings (SSSR count). The first-order valence-electron chi connectivity index (χ1n) is 4.78. The third kappa shape index (κ3) is 2.16. The fourth-order valence-electron chi connectivity index (χ4n) is 1.47. The monoisotopic (exact) mass is 287 g/mol. The minimum Gasteiger partial charge on any atom is -0.382 e. The predicted octanol–water partition coefficient (Wildman–Crippen LogP) is 3.56. The molecule has 0 spiro atoms. The topological polar surface area (TPSA) is 12.0 Å². The molecule has 0 amide bonds. The van der Waals surface area contributed by atoms with Crippen molar-refractivity contribution >= 4 is 28.3 Å². The van der Waals surface area contributed by atoms with Crippen molar-refractivity contribution in [2.24, 2.45) is 0 Å². The number of benzene rings is 1. The third-order valence-electron chi connectivity index (χ3n) is 2.65. The zero-order valence-corrected chi connectivity index (χ0v) is 9.97. The Labute approximate surface area is 93.1 Å². The molecule has 0 bridgehead atoms. The van der Waals surface area contributed by atoms with Crippen LogP contribution in [0.25, 0.3) is 0 Å². The Balaban J connectivity index is 2.07. The summed E-state index contributed by atoms with van der Waals surface area (Å²) in [7, 11) is 0. The maximum Gasteiger partial charge on any atom is 0.0353 e. The molecule has 1 N–H and O–H groups in total. The van der Waals surface area contributed by atoms with Gasteiger partial charge in [-0.1, -0.05) is 6.07 Å². The minimum atomic E-state index is 0.735. The van der Waals surface area contributed by atoms with Crippen molar-refractivity contribution in [3.8, 4) is 0 Å². The molecule has 0 heterocycles. The Kier molecular flexibility index (Phi) is 2.77. The zero-order valence-electron chi connectivity index (χ0n) is 7.81. The number of nitrogens with one attached hydrogen (secondary N) is 1. The lowest BCUT2D eigenvalue weighted by atomic mass is 9.93. The van der Waals surface area contributed by atoms with Crippen LogP contribution in [0.15, 0.2) is 18.2 Å². The molecule has 0 atom stereocenters. The SMILES string of the molecule is Cc1ccc(NC2CCC2)cc1I. The van der Waals surface area contributed by atoms with Gasteiger partial charge in [0.25, 0.3) is 0 Å². The summed E-state index contributed by atoms with van der Waals surface area (Å²) in [5.74, 6) is 0. The van der Waals surface area contributed by atoms with E-state index >= 15 is 0 Å². The van der Waals surface area contributed by atoms with Crippen LogP contribution >= 0.6 is 22.6 Å². The average Bonchev–Trinajstić information content (AvgIpc) is 2.04. The highest BCUT2D eigenvalue weighted by molar-refractivity contribution is 14.1. The van der Waals surface area contributed by atoms with Crippen LogP contribution in [0.5, 0.6) is 0 Å². The van der Waals surface area contributed by atoms with Gasteiger partial charge in [0.15, 0.2) is 0 Å². The summed E-state index contributed by atoms with van der Waals surface area (Å²) in [6, 6.07) is 7.32. The van der Waals surface area contributed by atoms with Gasteiger partial charge in [0.05, 0.1) is 0 Å². The molecule has 1 aliphatic rings. The molecule has 0 radical (unpaired) electrons. The van der Waals surface area contributed by atoms with E-state index in [2.05, 4.69) is 53.0 Å². The Morgan fingerprint density at radius 1 is 1.38 bits per heavy atom. The van der Waals surface area contributed by atoms with Crippen molar-refractivity contribution in [2.75, 3.05) is 5.32 Å². The van der Waals surface area contributed by atoms with Crippen molar-refractivity contribution in [1.29, 1.82) is 0 Å². The summed E-state index contributed by atoms with van der Waals surface area (Å²) < 4.78 is 1.35. The molecule has 2 heteroatoms. The molecule has 0 unspecified atom stereocenters. The van der Waals surface area contributed by atoms with E-state index in [4.69, 9.17) is 0 Å². The molecule has 0 aromatic heterocycles.